The Morgan fingerprint density at radius 2 is 2.00 bits per heavy atom. The van der Waals surface area contributed by atoms with E-state index in [1.807, 2.05) is 18.2 Å². The molecule has 0 amide bonds. The summed E-state index contributed by atoms with van der Waals surface area (Å²) in [4.78, 5) is 2.11. The Morgan fingerprint density at radius 3 is 2.70 bits per heavy atom. The van der Waals surface area contributed by atoms with Gasteiger partial charge in [-0.3, -0.25) is 5.32 Å². The molecule has 1 aromatic carbocycles. The second-order valence-electron chi connectivity index (χ2n) is 6.89. The molecule has 5 nitrogen and oxygen atoms in total. The first kappa shape index (κ1) is 18.2. The summed E-state index contributed by atoms with van der Waals surface area (Å²) in [7, 11) is 0. The van der Waals surface area contributed by atoms with Gasteiger partial charge in [-0.1, -0.05) is 36.9 Å². The van der Waals surface area contributed by atoms with E-state index in [0.29, 0.717) is 0 Å². The van der Waals surface area contributed by atoms with Crippen molar-refractivity contribution in [2.75, 3.05) is 6.54 Å². The van der Waals surface area contributed by atoms with Crippen LogP contribution in [0.4, 0.5) is 0 Å². The molecule has 0 spiro atoms. The minimum absolute atomic E-state index is 0.219. The molecule has 0 fully saturated rings. The van der Waals surface area contributed by atoms with Crippen LogP contribution in [0.5, 0.6) is 5.75 Å². The summed E-state index contributed by atoms with van der Waals surface area (Å²) >= 11 is 1.62. The first-order valence-corrected chi connectivity index (χ1v) is 10.1. The Bertz CT molecular complexity index is 865. The van der Waals surface area contributed by atoms with Crippen molar-refractivity contribution in [1.29, 1.82) is 0 Å². The number of hydrogen-bond acceptors (Lipinski definition) is 6. The fourth-order valence-corrected chi connectivity index (χ4v) is 5.22. The predicted molar refractivity (Wildman–Crippen MR) is 108 cm³/mol. The lowest BCUT2D eigenvalue weighted by molar-refractivity contribution is 0.183. The van der Waals surface area contributed by atoms with Gasteiger partial charge in [0.1, 0.15) is 12.0 Å². The monoisotopic (exact) mass is 381 g/mol. The van der Waals surface area contributed by atoms with E-state index in [1.165, 1.54) is 11.1 Å². The van der Waals surface area contributed by atoms with Crippen molar-refractivity contribution in [2.45, 2.75) is 31.9 Å². The van der Waals surface area contributed by atoms with Gasteiger partial charge in [0.2, 0.25) is 0 Å². The van der Waals surface area contributed by atoms with Crippen molar-refractivity contribution in [2.24, 2.45) is 5.92 Å². The highest BCUT2D eigenvalue weighted by molar-refractivity contribution is 8.11. The van der Waals surface area contributed by atoms with E-state index < -0.39 is 6.23 Å². The van der Waals surface area contributed by atoms with Gasteiger partial charge in [0.25, 0.3) is 0 Å². The molecule has 6 heteroatoms. The minimum atomic E-state index is -0.667. The first-order valence-electron chi connectivity index (χ1n) is 9.28. The van der Waals surface area contributed by atoms with Gasteiger partial charge in [0.15, 0.2) is 0 Å². The Hall–Kier alpha value is -2.15. The van der Waals surface area contributed by atoms with Crippen molar-refractivity contribution in [3.05, 3.63) is 70.4 Å². The second kappa shape index (κ2) is 7.84. The maximum absolute atomic E-state index is 10.8. The molecule has 3 N–H and O–H groups in total. The van der Waals surface area contributed by atoms with E-state index in [0.717, 1.165) is 34.8 Å². The van der Waals surface area contributed by atoms with Crippen LogP contribution in [-0.4, -0.2) is 33.2 Å². The standard InChI is InChI=1S/C21H23N3O2S/c1-2-13-11-18(15-7-10-23-24-12-15)27-20-19(13)17(8-9-22-21(20)26)14-3-5-16(25)6-4-14/h3-7,10-13,17,21-22,25-26H,2,8-9H2,1H3. The number of nitrogens with one attached hydrogen (secondary N) is 1. The summed E-state index contributed by atoms with van der Waals surface area (Å²) in [6, 6.07) is 9.42. The third kappa shape index (κ3) is 3.65. The molecule has 0 aliphatic carbocycles. The molecule has 1 aromatic heterocycles. The van der Waals surface area contributed by atoms with Crippen molar-refractivity contribution in [3.8, 4) is 5.75 Å². The number of phenolic OH excluding ortho intramolecular Hbond substituents is 1. The number of aliphatic hydroxyl groups excluding tert-OH is 1. The van der Waals surface area contributed by atoms with Crippen LogP contribution in [0.3, 0.4) is 0 Å². The fraction of sp³-hybridized carbons (Fsp3) is 0.333. The number of hydrogen-bond donors (Lipinski definition) is 3. The highest BCUT2D eigenvalue weighted by Gasteiger charge is 2.34. The highest BCUT2D eigenvalue weighted by Crippen LogP contribution is 2.50. The second-order valence-corrected chi connectivity index (χ2v) is 7.97. The van der Waals surface area contributed by atoms with Crippen LogP contribution < -0.4 is 5.32 Å². The largest absolute Gasteiger partial charge is 0.508 e. The van der Waals surface area contributed by atoms with Gasteiger partial charge in [-0.2, -0.15) is 10.2 Å². The molecule has 140 valence electrons. The number of aromatic nitrogens is 2. The number of aliphatic hydroxyl groups is 1. The summed E-state index contributed by atoms with van der Waals surface area (Å²) in [5, 5.41) is 31.6. The number of allylic oxidation sites excluding steroid dienone is 2. The average molecular weight is 382 g/mol. The number of thioether (sulfide) groups is 1. The zero-order valence-electron chi connectivity index (χ0n) is 15.2. The maximum atomic E-state index is 10.8. The molecule has 0 saturated carbocycles. The van der Waals surface area contributed by atoms with Gasteiger partial charge in [-0.15, -0.1) is 0 Å². The summed E-state index contributed by atoms with van der Waals surface area (Å²) in [6.45, 7) is 2.92. The number of benzene rings is 1. The zero-order chi connectivity index (χ0) is 18.8. The topological polar surface area (TPSA) is 78.3 Å². The quantitative estimate of drug-likeness (QED) is 0.753. The lowest BCUT2D eigenvalue weighted by Crippen LogP contribution is -2.30. The molecule has 0 bridgehead atoms. The van der Waals surface area contributed by atoms with Crippen molar-refractivity contribution in [3.63, 3.8) is 0 Å². The van der Waals surface area contributed by atoms with Crippen molar-refractivity contribution in [1.82, 2.24) is 15.5 Å². The van der Waals surface area contributed by atoms with Gasteiger partial charge in [0, 0.05) is 27.2 Å². The van der Waals surface area contributed by atoms with Crippen LogP contribution in [0.25, 0.3) is 4.91 Å². The zero-order valence-corrected chi connectivity index (χ0v) is 16.0. The molecule has 4 rings (SSSR count). The van der Waals surface area contributed by atoms with E-state index in [1.54, 1.807) is 36.3 Å². The van der Waals surface area contributed by atoms with Gasteiger partial charge >= 0.3 is 0 Å². The van der Waals surface area contributed by atoms with Crippen molar-refractivity contribution >= 4 is 16.7 Å². The number of nitrogens with zero attached hydrogens (tertiary/aromatic N) is 2. The molecule has 2 aliphatic rings. The normalized spacial score (nSPS) is 25.6. The lowest BCUT2D eigenvalue weighted by atomic mass is 9.79. The number of aromatic hydroxyl groups is 1. The SMILES string of the molecule is CCC1C=C(c2ccnnc2)SC2=C1C(c1ccc(O)cc1)CCNC2O. The van der Waals surface area contributed by atoms with E-state index in [9.17, 15) is 10.2 Å². The third-order valence-corrected chi connectivity index (χ3v) is 6.53. The summed E-state index contributed by atoms with van der Waals surface area (Å²) < 4.78 is 0. The summed E-state index contributed by atoms with van der Waals surface area (Å²) in [6.07, 6.45) is 6.97. The molecule has 3 atom stereocenters. The van der Waals surface area contributed by atoms with E-state index >= 15 is 0 Å². The van der Waals surface area contributed by atoms with Crippen molar-refractivity contribution < 1.29 is 10.2 Å². The highest BCUT2D eigenvalue weighted by atomic mass is 32.2. The Kier molecular flexibility index (Phi) is 5.29. The van der Waals surface area contributed by atoms with E-state index in [4.69, 9.17) is 0 Å². The number of rotatable bonds is 3. The molecule has 3 unspecified atom stereocenters. The smallest absolute Gasteiger partial charge is 0.137 e. The molecule has 3 heterocycles. The molecular formula is C21H23N3O2S. The van der Waals surface area contributed by atoms with Crippen LogP contribution >= 0.6 is 11.8 Å². The first-order chi connectivity index (χ1) is 13.2. The number of phenols is 1. The van der Waals surface area contributed by atoms with E-state index in [2.05, 4.69) is 28.5 Å². The van der Waals surface area contributed by atoms with Crippen LogP contribution in [0.2, 0.25) is 0 Å². The van der Waals surface area contributed by atoms with Gasteiger partial charge in [-0.25, -0.2) is 0 Å². The van der Waals surface area contributed by atoms with Crippen LogP contribution in [-0.2, 0) is 0 Å². The summed E-state index contributed by atoms with van der Waals surface area (Å²) in [5.74, 6) is 0.742. The summed E-state index contributed by atoms with van der Waals surface area (Å²) in [5.41, 5.74) is 3.49. The maximum Gasteiger partial charge on any atom is 0.137 e. The molecule has 27 heavy (non-hydrogen) atoms. The lowest BCUT2D eigenvalue weighted by Gasteiger charge is -2.32. The molecule has 2 aliphatic heterocycles. The van der Waals surface area contributed by atoms with Crippen LogP contribution in [0.1, 0.15) is 36.8 Å². The van der Waals surface area contributed by atoms with Gasteiger partial charge in [0.05, 0.1) is 12.4 Å². The van der Waals surface area contributed by atoms with Crippen LogP contribution in [0.15, 0.2) is 59.3 Å². The molecule has 2 aromatic rings. The third-order valence-electron chi connectivity index (χ3n) is 5.25. The molecule has 0 radical (unpaired) electrons. The fourth-order valence-electron chi connectivity index (χ4n) is 3.91. The van der Waals surface area contributed by atoms with Gasteiger partial charge in [-0.05, 0) is 48.7 Å². The minimum Gasteiger partial charge on any atom is -0.508 e. The van der Waals surface area contributed by atoms with Crippen LogP contribution in [0, 0.1) is 5.92 Å². The predicted octanol–water partition coefficient (Wildman–Crippen LogP) is 3.65. The Balaban J connectivity index is 1.77. The Labute approximate surface area is 163 Å². The molecular weight excluding hydrogens is 358 g/mol. The molecule has 0 saturated heterocycles. The van der Waals surface area contributed by atoms with E-state index in [-0.39, 0.29) is 17.6 Å². The average Bonchev–Trinajstić information content (AvgIpc) is 2.88. The Morgan fingerprint density at radius 1 is 1.19 bits per heavy atom. The van der Waals surface area contributed by atoms with Gasteiger partial charge < -0.3 is 10.2 Å².